The van der Waals surface area contributed by atoms with Crippen LogP contribution >= 0.6 is 30.5 Å². The normalized spacial score (nSPS) is 13.5. The first-order valence-corrected chi connectivity index (χ1v) is 7.56. The van der Waals surface area contributed by atoms with Gasteiger partial charge in [0.1, 0.15) is 0 Å². The molecule has 0 spiro atoms. The van der Waals surface area contributed by atoms with Gasteiger partial charge in [-0.1, -0.05) is 30.5 Å². The van der Waals surface area contributed by atoms with Gasteiger partial charge in [0.05, 0.1) is 25.3 Å². The molecule has 9 heteroatoms. The summed E-state index contributed by atoms with van der Waals surface area (Å²) >= 11 is 1.93. The van der Waals surface area contributed by atoms with Crippen LogP contribution < -0.4 is 0 Å². The predicted octanol–water partition coefficient (Wildman–Crippen LogP) is 4.00. The summed E-state index contributed by atoms with van der Waals surface area (Å²) in [4.78, 5) is 0. The van der Waals surface area contributed by atoms with Crippen LogP contribution in [0, 0.1) is 0 Å². The molecule has 0 saturated heterocycles. The van der Waals surface area contributed by atoms with E-state index in [1.807, 2.05) is 22.6 Å². The second-order valence-electron chi connectivity index (χ2n) is 2.94. The summed E-state index contributed by atoms with van der Waals surface area (Å²) in [5.74, 6) is 0. The molecule has 1 nitrogen and oxygen atoms in total. The summed E-state index contributed by atoms with van der Waals surface area (Å²) in [7, 11) is -2.22. The van der Waals surface area contributed by atoms with Crippen molar-refractivity contribution in [1.82, 2.24) is 0 Å². The molecule has 0 saturated carbocycles. The molecule has 0 fully saturated rings. The van der Waals surface area contributed by atoms with Gasteiger partial charge in [-0.2, -0.15) is 26.3 Å². The van der Waals surface area contributed by atoms with Crippen molar-refractivity contribution in [2.24, 2.45) is 0 Å². The van der Waals surface area contributed by atoms with Gasteiger partial charge in [0.25, 0.3) is 0 Å². The van der Waals surface area contributed by atoms with E-state index in [-0.39, 0.29) is 6.61 Å². The molecule has 0 aromatic carbocycles. The van der Waals surface area contributed by atoms with E-state index in [0.717, 1.165) is 0 Å². The van der Waals surface area contributed by atoms with Gasteiger partial charge >= 0.3 is 12.4 Å². The molecular weight excluding hydrogens is 372 g/mol. The molecule has 0 bridgehead atoms. The Morgan fingerprint density at radius 3 is 1.69 bits per heavy atom. The Kier molecular flexibility index (Phi) is 7.52. The molecule has 0 unspecified atom stereocenters. The summed E-state index contributed by atoms with van der Waals surface area (Å²) in [6, 6.07) is 0. The molecule has 0 atom stereocenters. The zero-order chi connectivity index (χ0) is 12.8. The SMILES string of the molecule is FC(F)(F)CP(COCCI)CC(F)(F)F. The quantitative estimate of drug-likeness (QED) is 0.222. The van der Waals surface area contributed by atoms with Crippen molar-refractivity contribution >= 4 is 30.5 Å². The third-order valence-corrected chi connectivity index (χ3v) is 3.90. The first kappa shape index (κ1) is 16.7. The summed E-state index contributed by atoms with van der Waals surface area (Å²) in [6.45, 7) is 0.176. The summed E-state index contributed by atoms with van der Waals surface area (Å²) < 4.78 is 77.2. The van der Waals surface area contributed by atoms with E-state index in [0.29, 0.717) is 4.43 Å². The van der Waals surface area contributed by atoms with Gasteiger partial charge in [-0.15, -0.1) is 0 Å². The number of hydrogen-bond acceptors (Lipinski definition) is 1. The van der Waals surface area contributed by atoms with E-state index in [2.05, 4.69) is 0 Å². The minimum atomic E-state index is -4.56. The van der Waals surface area contributed by atoms with Crippen LogP contribution in [-0.4, -0.2) is 42.1 Å². The molecule has 98 valence electrons. The van der Waals surface area contributed by atoms with Crippen molar-refractivity contribution in [2.45, 2.75) is 12.4 Å². The highest BCUT2D eigenvalue weighted by atomic mass is 127. The monoisotopic (exact) mass is 382 g/mol. The second-order valence-corrected chi connectivity index (χ2v) is 6.25. The fourth-order valence-corrected chi connectivity index (χ4v) is 2.91. The molecule has 0 aliphatic heterocycles. The molecule has 0 aromatic rings. The highest BCUT2D eigenvalue weighted by Crippen LogP contribution is 2.45. The molecule has 0 radical (unpaired) electrons. The molecule has 0 aliphatic rings. The number of halogens is 7. The Morgan fingerprint density at radius 1 is 0.938 bits per heavy atom. The summed E-state index contributed by atoms with van der Waals surface area (Å²) in [5, 5.41) is 0. The Labute approximate surface area is 104 Å². The van der Waals surface area contributed by atoms with Crippen LogP contribution in [0.25, 0.3) is 0 Å². The van der Waals surface area contributed by atoms with Crippen LogP contribution in [0.3, 0.4) is 0 Å². The molecule has 0 heterocycles. The minimum Gasteiger partial charge on any atom is -0.376 e. The molecule has 0 rings (SSSR count). The van der Waals surface area contributed by atoms with Crippen LogP contribution in [0.2, 0.25) is 0 Å². The molecule has 0 N–H and O–H groups in total. The number of rotatable bonds is 6. The van der Waals surface area contributed by atoms with Crippen LogP contribution in [0.4, 0.5) is 26.3 Å². The smallest absolute Gasteiger partial charge is 0.376 e. The maximum absolute atomic E-state index is 12.0. The lowest BCUT2D eigenvalue weighted by Gasteiger charge is -2.20. The van der Waals surface area contributed by atoms with Crippen LogP contribution in [0.5, 0.6) is 0 Å². The average Bonchev–Trinajstić information content (AvgIpc) is 1.97. The van der Waals surface area contributed by atoms with Crippen molar-refractivity contribution in [3.63, 3.8) is 0 Å². The van der Waals surface area contributed by atoms with Gasteiger partial charge in [-0.3, -0.25) is 0 Å². The van der Waals surface area contributed by atoms with Crippen LogP contribution in [0.15, 0.2) is 0 Å². The first-order valence-electron chi connectivity index (χ1n) is 4.13. The van der Waals surface area contributed by atoms with Crippen molar-refractivity contribution < 1.29 is 31.1 Å². The van der Waals surface area contributed by atoms with Gasteiger partial charge in [0.15, 0.2) is 0 Å². The van der Waals surface area contributed by atoms with Gasteiger partial charge in [0, 0.05) is 4.43 Å². The van der Waals surface area contributed by atoms with Crippen molar-refractivity contribution in [3.05, 3.63) is 0 Å². The van der Waals surface area contributed by atoms with Gasteiger partial charge in [0.2, 0.25) is 0 Å². The van der Waals surface area contributed by atoms with Crippen LogP contribution in [-0.2, 0) is 4.74 Å². The standard InChI is InChI=1S/C7H10F6IOP/c8-6(9,10)3-16(4-7(11,12)13)5-15-2-1-14/h1-5H2. The second kappa shape index (κ2) is 7.20. The van der Waals surface area contributed by atoms with E-state index in [9.17, 15) is 26.3 Å². The summed E-state index contributed by atoms with van der Waals surface area (Å²) in [6.07, 6.45) is -12.4. The Hall–Kier alpha value is 0.700. The minimum absolute atomic E-state index is 0.176. The molecule has 16 heavy (non-hydrogen) atoms. The number of alkyl halides is 7. The maximum atomic E-state index is 12.0. The van der Waals surface area contributed by atoms with E-state index in [1.165, 1.54) is 0 Å². The Morgan fingerprint density at radius 2 is 1.38 bits per heavy atom. The third kappa shape index (κ3) is 11.2. The highest BCUT2D eigenvalue weighted by molar-refractivity contribution is 14.1. The van der Waals surface area contributed by atoms with Gasteiger partial charge in [-0.25, -0.2) is 0 Å². The fraction of sp³-hybridized carbons (Fsp3) is 1.00. The molecule has 0 amide bonds. The average molecular weight is 382 g/mol. The Bertz CT molecular complexity index is 178. The van der Waals surface area contributed by atoms with Crippen molar-refractivity contribution in [2.75, 3.05) is 29.7 Å². The molecule has 0 aromatic heterocycles. The number of hydrogen-bond donors (Lipinski definition) is 0. The summed E-state index contributed by atoms with van der Waals surface area (Å²) in [5.41, 5.74) is 0. The fourth-order valence-electron chi connectivity index (χ4n) is 0.902. The van der Waals surface area contributed by atoms with E-state index >= 15 is 0 Å². The molecular formula is C7H10F6IOP. The van der Waals surface area contributed by atoms with Gasteiger partial charge in [-0.05, 0) is 0 Å². The molecule has 0 aliphatic carbocycles. The lowest BCUT2D eigenvalue weighted by atomic mass is 10.8. The van der Waals surface area contributed by atoms with E-state index < -0.39 is 38.9 Å². The topological polar surface area (TPSA) is 9.23 Å². The lowest BCUT2D eigenvalue weighted by Crippen LogP contribution is -2.21. The van der Waals surface area contributed by atoms with Crippen LogP contribution in [0.1, 0.15) is 0 Å². The largest absolute Gasteiger partial charge is 0.392 e. The first-order chi connectivity index (χ1) is 7.14. The zero-order valence-electron chi connectivity index (χ0n) is 8.04. The van der Waals surface area contributed by atoms with Gasteiger partial charge < -0.3 is 4.74 Å². The van der Waals surface area contributed by atoms with E-state index in [1.54, 1.807) is 0 Å². The Balaban J connectivity index is 4.17. The van der Waals surface area contributed by atoms with Crippen molar-refractivity contribution in [3.8, 4) is 0 Å². The lowest BCUT2D eigenvalue weighted by molar-refractivity contribution is -0.112. The maximum Gasteiger partial charge on any atom is 0.392 e. The zero-order valence-corrected chi connectivity index (χ0v) is 11.1. The highest BCUT2D eigenvalue weighted by Gasteiger charge is 2.38. The van der Waals surface area contributed by atoms with Crippen molar-refractivity contribution in [1.29, 1.82) is 0 Å². The predicted molar refractivity (Wildman–Crippen MR) is 58.5 cm³/mol. The number of ether oxygens (including phenoxy) is 1. The third-order valence-electron chi connectivity index (χ3n) is 1.30. The van der Waals surface area contributed by atoms with E-state index in [4.69, 9.17) is 4.74 Å².